The molecule has 1 aliphatic rings. The molecule has 0 saturated heterocycles. The van der Waals surface area contributed by atoms with Gasteiger partial charge in [0.25, 0.3) is 5.91 Å². The maximum atomic E-state index is 12.2. The predicted molar refractivity (Wildman–Crippen MR) is 120 cm³/mol. The van der Waals surface area contributed by atoms with Crippen molar-refractivity contribution in [2.45, 2.75) is 12.3 Å². The van der Waals surface area contributed by atoms with Crippen molar-refractivity contribution in [3.63, 3.8) is 0 Å². The number of nitrogens with zero attached hydrogens (tertiary/aromatic N) is 1. The topological polar surface area (TPSA) is 127 Å². The first kappa shape index (κ1) is 22.4. The average molecular weight is 468 g/mol. The molecule has 0 saturated carbocycles. The molecule has 1 aromatic heterocycles. The van der Waals surface area contributed by atoms with Crippen molar-refractivity contribution >= 4 is 29.3 Å². The first-order valence-corrected chi connectivity index (χ1v) is 11.1. The van der Waals surface area contributed by atoms with E-state index in [1.54, 1.807) is 0 Å². The van der Waals surface area contributed by atoms with Crippen LogP contribution in [0.2, 0.25) is 0 Å². The van der Waals surface area contributed by atoms with Gasteiger partial charge in [0.05, 0.1) is 5.01 Å². The van der Waals surface area contributed by atoms with Gasteiger partial charge in [0.1, 0.15) is 12.3 Å². The van der Waals surface area contributed by atoms with E-state index >= 15 is 0 Å². The lowest BCUT2D eigenvalue weighted by atomic mass is 9.98. The Morgan fingerprint density at radius 1 is 1.03 bits per heavy atom. The molecule has 0 spiro atoms. The highest BCUT2D eigenvalue weighted by Gasteiger charge is 2.28. The lowest BCUT2D eigenvalue weighted by molar-refractivity contribution is -0.144. The molecule has 33 heavy (non-hydrogen) atoms. The molecule has 0 aliphatic heterocycles. The van der Waals surface area contributed by atoms with E-state index in [4.69, 9.17) is 9.84 Å². The number of carboxylic acid groups (broad SMARTS) is 1. The van der Waals surface area contributed by atoms with Crippen LogP contribution in [0, 0.1) is 0 Å². The highest BCUT2D eigenvalue weighted by molar-refractivity contribution is 7.09. The molecule has 2 aromatic carbocycles. The molecule has 2 amide bonds. The molecule has 1 heterocycles. The van der Waals surface area contributed by atoms with Gasteiger partial charge in [-0.1, -0.05) is 48.5 Å². The predicted octanol–water partition coefficient (Wildman–Crippen LogP) is 2.97. The van der Waals surface area contributed by atoms with Crippen LogP contribution in [0.1, 0.15) is 32.5 Å². The van der Waals surface area contributed by atoms with Crippen LogP contribution in [-0.2, 0) is 20.8 Å². The number of carboxylic acids is 1. The number of amides is 2. The van der Waals surface area contributed by atoms with Gasteiger partial charge in [0.2, 0.25) is 0 Å². The zero-order valence-corrected chi connectivity index (χ0v) is 18.3. The van der Waals surface area contributed by atoms with Crippen molar-refractivity contribution in [3.05, 3.63) is 75.7 Å². The van der Waals surface area contributed by atoms with Crippen LogP contribution in [-0.4, -0.2) is 47.8 Å². The summed E-state index contributed by atoms with van der Waals surface area (Å²) in [5.74, 6) is -1.84. The Morgan fingerprint density at radius 3 is 2.36 bits per heavy atom. The SMILES string of the molecule is O=C(O)CONC(=O)c1csc(CCNC(=O)OCC2c3ccccc3-c3ccccc32)n1. The number of hydrogen-bond acceptors (Lipinski definition) is 7. The lowest BCUT2D eigenvalue weighted by Crippen LogP contribution is -2.28. The van der Waals surface area contributed by atoms with E-state index in [9.17, 15) is 14.4 Å². The molecule has 9 nitrogen and oxygen atoms in total. The number of hydroxylamine groups is 1. The van der Waals surface area contributed by atoms with Crippen molar-refractivity contribution in [1.82, 2.24) is 15.8 Å². The van der Waals surface area contributed by atoms with E-state index in [1.807, 2.05) is 29.7 Å². The molecule has 0 radical (unpaired) electrons. The summed E-state index contributed by atoms with van der Waals surface area (Å²) >= 11 is 1.25. The minimum Gasteiger partial charge on any atom is -0.479 e. The maximum absolute atomic E-state index is 12.2. The number of ether oxygens (including phenoxy) is 1. The zero-order chi connectivity index (χ0) is 23.2. The Labute approximate surface area is 193 Å². The number of benzene rings is 2. The quantitative estimate of drug-likeness (QED) is 0.413. The standard InChI is InChI=1S/C23H21N3O6S/c27-21(28)12-32-26-22(29)19-13-33-20(25-19)9-10-24-23(30)31-11-18-16-7-3-1-5-14(16)15-6-2-4-8-17(15)18/h1-8,13,18H,9-12H2,(H,24,30)(H,26,29)(H,27,28). The number of alkyl carbamates (subject to hydrolysis) is 1. The third-order valence-corrected chi connectivity index (χ3v) is 6.01. The van der Waals surface area contributed by atoms with E-state index in [1.165, 1.54) is 27.8 Å². The minimum absolute atomic E-state index is 0.00784. The third-order valence-electron chi connectivity index (χ3n) is 5.10. The van der Waals surface area contributed by atoms with E-state index in [0.29, 0.717) is 18.0 Å². The smallest absolute Gasteiger partial charge is 0.407 e. The molecule has 10 heteroatoms. The van der Waals surface area contributed by atoms with Crippen molar-refractivity contribution in [2.24, 2.45) is 0 Å². The monoisotopic (exact) mass is 467 g/mol. The van der Waals surface area contributed by atoms with E-state index in [-0.39, 0.29) is 18.2 Å². The number of aliphatic carboxylic acids is 1. The number of thiazole rings is 1. The molecular formula is C23H21N3O6S. The van der Waals surface area contributed by atoms with Gasteiger partial charge in [-0.05, 0) is 22.3 Å². The van der Waals surface area contributed by atoms with Crippen molar-refractivity contribution in [1.29, 1.82) is 0 Å². The van der Waals surface area contributed by atoms with Gasteiger partial charge in [0, 0.05) is 24.3 Å². The van der Waals surface area contributed by atoms with Gasteiger partial charge >= 0.3 is 12.1 Å². The second-order valence-corrected chi connectivity index (χ2v) is 8.19. The van der Waals surface area contributed by atoms with Gasteiger partial charge in [-0.15, -0.1) is 11.3 Å². The molecule has 0 atom stereocenters. The maximum Gasteiger partial charge on any atom is 0.407 e. The number of hydrogen-bond donors (Lipinski definition) is 3. The first-order chi connectivity index (χ1) is 16.0. The van der Waals surface area contributed by atoms with Gasteiger partial charge in [0.15, 0.2) is 6.61 Å². The molecule has 0 unspecified atom stereocenters. The number of rotatable bonds is 9. The Kier molecular flexibility index (Phi) is 6.96. The van der Waals surface area contributed by atoms with E-state index in [0.717, 1.165) is 11.1 Å². The lowest BCUT2D eigenvalue weighted by Gasteiger charge is -2.14. The highest BCUT2D eigenvalue weighted by atomic mass is 32.1. The Hall–Kier alpha value is -3.76. The summed E-state index contributed by atoms with van der Waals surface area (Å²) in [6, 6.07) is 16.3. The fraction of sp³-hybridized carbons (Fsp3) is 0.217. The fourth-order valence-corrected chi connectivity index (χ4v) is 4.44. The van der Waals surface area contributed by atoms with Gasteiger partial charge < -0.3 is 15.2 Å². The van der Waals surface area contributed by atoms with Crippen LogP contribution in [0.5, 0.6) is 0 Å². The fourth-order valence-electron chi connectivity index (χ4n) is 3.67. The summed E-state index contributed by atoms with van der Waals surface area (Å²) in [4.78, 5) is 43.1. The minimum atomic E-state index is -1.20. The molecule has 0 fully saturated rings. The van der Waals surface area contributed by atoms with Crippen LogP contribution >= 0.6 is 11.3 Å². The normalized spacial score (nSPS) is 12.0. The largest absolute Gasteiger partial charge is 0.479 e. The molecule has 0 bridgehead atoms. The second kappa shape index (κ2) is 10.2. The number of carbonyl (C=O) groups excluding carboxylic acids is 2. The summed E-state index contributed by atoms with van der Waals surface area (Å²) in [5, 5.41) is 13.4. The Bertz CT molecular complexity index is 1130. The van der Waals surface area contributed by atoms with Crippen molar-refractivity contribution < 1.29 is 29.1 Å². The van der Waals surface area contributed by atoms with Crippen LogP contribution in [0.25, 0.3) is 11.1 Å². The third kappa shape index (κ3) is 5.36. The van der Waals surface area contributed by atoms with Gasteiger partial charge in [-0.25, -0.2) is 20.1 Å². The Balaban J connectivity index is 1.24. The number of fused-ring (bicyclic) bond motifs is 3. The summed E-state index contributed by atoms with van der Waals surface area (Å²) in [5.41, 5.74) is 6.75. The van der Waals surface area contributed by atoms with E-state index in [2.05, 4.69) is 39.4 Å². The number of aromatic nitrogens is 1. The Morgan fingerprint density at radius 2 is 1.70 bits per heavy atom. The second-order valence-electron chi connectivity index (χ2n) is 7.24. The molecule has 3 aromatic rings. The number of nitrogens with one attached hydrogen (secondary N) is 2. The summed E-state index contributed by atoms with van der Waals surface area (Å²) in [6.45, 7) is -0.120. The van der Waals surface area contributed by atoms with Crippen LogP contribution in [0.4, 0.5) is 4.79 Å². The molecule has 1 aliphatic carbocycles. The van der Waals surface area contributed by atoms with Crippen molar-refractivity contribution in [2.75, 3.05) is 19.8 Å². The summed E-state index contributed by atoms with van der Waals surface area (Å²) in [6.07, 6.45) is -0.105. The summed E-state index contributed by atoms with van der Waals surface area (Å²) in [7, 11) is 0. The summed E-state index contributed by atoms with van der Waals surface area (Å²) < 4.78 is 5.49. The molecule has 4 rings (SSSR count). The number of carbonyl (C=O) groups is 3. The first-order valence-electron chi connectivity index (χ1n) is 10.2. The molecular weight excluding hydrogens is 446 g/mol. The zero-order valence-electron chi connectivity index (χ0n) is 17.4. The molecule has 170 valence electrons. The van der Waals surface area contributed by atoms with E-state index < -0.39 is 24.6 Å². The van der Waals surface area contributed by atoms with Crippen LogP contribution in [0.15, 0.2) is 53.9 Å². The van der Waals surface area contributed by atoms with Gasteiger partial charge in [-0.3, -0.25) is 9.63 Å². The van der Waals surface area contributed by atoms with Crippen molar-refractivity contribution in [3.8, 4) is 11.1 Å². The van der Waals surface area contributed by atoms with Gasteiger partial charge in [-0.2, -0.15) is 0 Å². The van der Waals surface area contributed by atoms with Crippen LogP contribution < -0.4 is 10.8 Å². The highest BCUT2D eigenvalue weighted by Crippen LogP contribution is 2.44. The van der Waals surface area contributed by atoms with Crippen LogP contribution in [0.3, 0.4) is 0 Å². The average Bonchev–Trinajstić information content (AvgIpc) is 3.40. The molecule has 3 N–H and O–H groups in total.